The number of hydrogen-bond donors (Lipinski definition) is 2. The molecule has 0 bridgehead atoms. The van der Waals surface area contributed by atoms with Crippen molar-refractivity contribution in [2.75, 3.05) is 18.9 Å². The Labute approximate surface area is 120 Å². The van der Waals surface area contributed by atoms with E-state index in [0.717, 1.165) is 24.1 Å². The molecule has 1 aromatic carbocycles. The minimum absolute atomic E-state index is 0.0422. The van der Waals surface area contributed by atoms with Gasteiger partial charge in [-0.3, -0.25) is 4.79 Å². The molecule has 1 aliphatic rings. The van der Waals surface area contributed by atoms with Crippen LogP contribution in [0.15, 0.2) is 24.3 Å². The van der Waals surface area contributed by atoms with E-state index in [1.807, 2.05) is 29.2 Å². The van der Waals surface area contributed by atoms with E-state index in [4.69, 9.17) is 10.8 Å². The molecule has 0 unspecified atom stereocenters. The maximum atomic E-state index is 12.4. The Kier molecular flexibility index (Phi) is 5.41. The SMILES string of the molecule is Nc1cccc(CCC(=O)N(CCO)C2CCCC2)c1. The van der Waals surface area contributed by atoms with E-state index in [2.05, 4.69) is 0 Å². The molecule has 0 spiro atoms. The highest BCUT2D eigenvalue weighted by molar-refractivity contribution is 5.77. The van der Waals surface area contributed by atoms with Crippen molar-refractivity contribution in [3.8, 4) is 0 Å². The quantitative estimate of drug-likeness (QED) is 0.781. The number of aliphatic hydroxyl groups excluding tert-OH is 1. The molecule has 1 amide bonds. The fraction of sp³-hybridized carbons (Fsp3) is 0.562. The minimum atomic E-state index is 0.0422. The van der Waals surface area contributed by atoms with Crippen molar-refractivity contribution in [3.05, 3.63) is 29.8 Å². The van der Waals surface area contributed by atoms with Crippen molar-refractivity contribution >= 4 is 11.6 Å². The molecule has 4 heteroatoms. The summed E-state index contributed by atoms with van der Waals surface area (Å²) in [5.74, 6) is 0.147. The van der Waals surface area contributed by atoms with Crippen LogP contribution < -0.4 is 5.73 Å². The van der Waals surface area contributed by atoms with E-state index >= 15 is 0 Å². The molecule has 0 heterocycles. The van der Waals surface area contributed by atoms with Crippen molar-refractivity contribution in [2.24, 2.45) is 0 Å². The topological polar surface area (TPSA) is 66.6 Å². The minimum Gasteiger partial charge on any atom is -0.399 e. The lowest BCUT2D eigenvalue weighted by molar-refractivity contribution is -0.134. The predicted molar refractivity (Wildman–Crippen MR) is 80.2 cm³/mol. The van der Waals surface area contributed by atoms with E-state index in [1.165, 1.54) is 12.8 Å². The molecule has 3 N–H and O–H groups in total. The molecule has 0 saturated heterocycles. The number of amides is 1. The standard InChI is InChI=1S/C16H24N2O2/c17-14-5-3-4-13(12-14)8-9-16(20)18(10-11-19)15-6-1-2-7-15/h3-5,12,15,19H,1-2,6-11,17H2. The molecule has 2 rings (SSSR count). The van der Waals surface area contributed by atoms with E-state index in [0.29, 0.717) is 25.4 Å². The summed E-state index contributed by atoms with van der Waals surface area (Å²) in [6, 6.07) is 8.00. The van der Waals surface area contributed by atoms with E-state index in [-0.39, 0.29) is 12.5 Å². The summed E-state index contributed by atoms with van der Waals surface area (Å²) in [5, 5.41) is 9.16. The van der Waals surface area contributed by atoms with Crippen LogP contribution in [0.2, 0.25) is 0 Å². The zero-order chi connectivity index (χ0) is 14.4. The lowest BCUT2D eigenvalue weighted by Crippen LogP contribution is -2.40. The number of anilines is 1. The van der Waals surface area contributed by atoms with Crippen LogP contribution in [0.1, 0.15) is 37.7 Å². The number of carbonyl (C=O) groups excluding carboxylic acids is 1. The van der Waals surface area contributed by atoms with Crippen LogP contribution in [0.25, 0.3) is 0 Å². The van der Waals surface area contributed by atoms with Crippen LogP contribution in [-0.2, 0) is 11.2 Å². The second-order valence-corrected chi connectivity index (χ2v) is 5.49. The molecular weight excluding hydrogens is 252 g/mol. The Morgan fingerprint density at radius 2 is 2.10 bits per heavy atom. The van der Waals surface area contributed by atoms with Gasteiger partial charge < -0.3 is 15.7 Å². The fourth-order valence-electron chi connectivity index (χ4n) is 2.98. The summed E-state index contributed by atoms with van der Waals surface area (Å²) in [7, 11) is 0. The summed E-state index contributed by atoms with van der Waals surface area (Å²) >= 11 is 0. The molecular formula is C16H24N2O2. The molecule has 4 nitrogen and oxygen atoms in total. The Balaban J connectivity index is 1.91. The number of benzene rings is 1. The van der Waals surface area contributed by atoms with Gasteiger partial charge in [-0.1, -0.05) is 25.0 Å². The van der Waals surface area contributed by atoms with Crippen LogP contribution in [0.3, 0.4) is 0 Å². The maximum absolute atomic E-state index is 12.4. The van der Waals surface area contributed by atoms with Gasteiger partial charge in [0.1, 0.15) is 0 Å². The van der Waals surface area contributed by atoms with Crippen molar-refractivity contribution in [2.45, 2.75) is 44.6 Å². The van der Waals surface area contributed by atoms with E-state index in [9.17, 15) is 4.79 Å². The number of nitrogens with zero attached hydrogens (tertiary/aromatic N) is 1. The van der Waals surface area contributed by atoms with Gasteiger partial charge in [-0.25, -0.2) is 0 Å². The third-order valence-electron chi connectivity index (χ3n) is 4.01. The summed E-state index contributed by atoms with van der Waals surface area (Å²) in [6.07, 6.45) is 5.72. The average Bonchev–Trinajstić information content (AvgIpc) is 2.96. The van der Waals surface area contributed by atoms with Gasteiger partial charge in [0.15, 0.2) is 0 Å². The molecule has 20 heavy (non-hydrogen) atoms. The highest BCUT2D eigenvalue weighted by Crippen LogP contribution is 2.24. The highest BCUT2D eigenvalue weighted by Gasteiger charge is 2.25. The van der Waals surface area contributed by atoms with Gasteiger partial charge in [0.2, 0.25) is 5.91 Å². The third-order valence-corrected chi connectivity index (χ3v) is 4.01. The Morgan fingerprint density at radius 1 is 1.35 bits per heavy atom. The van der Waals surface area contributed by atoms with Crippen LogP contribution >= 0.6 is 0 Å². The lowest BCUT2D eigenvalue weighted by Gasteiger charge is -2.28. The number of aryl methyl sites for hydroxylation is 1. The molecule has 0 radical (unpaired) electrons. The monoisotopic (exact) mass is 276 g/mol. The first kappa shape index (κ1) is 14.9. The molecule has 1 saturated carbocycles. The van der Waals surface area contributed by atoms with E-state index in [1.54, 1.807) is 0 Å². The van der Waals surface area contributed by atoms with Crippen LogP contribution in [0, 0.1) is 0 Å². The second-order valence-electron chi connectivity index (χ2n) is 5.49. The van der Waals surface area contributed by atoms with Gasteiger partial charge in [-0.15, -0.1) is 0 Å². The molecule has 1 fully saturated rings. The summed E-state index contributed by atoms with van der Waals surface area (Å²) in [4.78, 5) is 14.2. The van der Waals surface area contributed by atoms with Crippen molar-refractivity contribution in [1.82, 2.24) is 4.90 Å². The number of carbonyl (C=O) groups is 1. The van der Waals surface area contributed by atoms with Crippen LogP contribution in [0.5, 0.6) is 0 Å². The summed E-state index contributed by atoms with van der Waals surface area (Å²) in [5.41, 5.74) is 7.57. The maximum Gasteiger partial charge on any atom is 0.223 e. The molecule has 0 aliphatic heterocycles. The van der Waals surface area contributed by atoms with Gasteiger partial charge >= 0.3 is 0 Å². The second kappa shape index (κ2) is 7.29. The predicted octanol–water partition coefficient (Wildman–Crippen LogP) is 1.96. The van der Waals surface area contributed by atoms with Crippen molar-refractivity contribution in [3.63, 3.8) is 0 Å². The van der Waals surface area contributed by atoms with Crippen molar-refractivity contribution in [1.29, 1.82) is 0 Å². The molecule has 110 valence electrons. The Bertz CT molecular complexity index is 442. The first-order valence-electron chi connectivity index (χ1n) is 7.45. The average molecular weight is 276 g/mol. The summed E-state index contributed by atoms with van der Waals surface area (Å²) < 4.78 is 0. The number of rotatable bonds is 6. The van der Waals surface area contributed by atoms with Crippen LogP contribution in [-0.4, -0.2) is 35.1 Å². The van der Waals surface area contributed by atoms with Gasteiger partial charge in [-0.2, -0.15) is 0 Å². The number of nitrogen functional groups attached to an aromatic ring is 1. The lowest BCUT2D eigenvalue weighted by atomic mass is 10.1. The largest absolute Gasteiger partial charge is 0.399 e. The van der Waals surface area contributed by atoms with Gasteiger partial charge in [0.05, 0.1) is 6.61 Å². The number of nitrogens with two attached hydrogens (primary N) is 1. The zero-order valence-electron chi connectivity index (χ0n) is 11.9. The first-order valence-corrected chi connectivity index (χ1v) is 7.45. The fourth-order valence-corrected chi connectivity index (χ4v) is 2.98. The highest BCUT2D eigenvalue weighted by atomic mass is 16.3. The molecule has 1 aromatic rings. The Morgan fingerprint density at radius 3 is 2.75 bits per heavy atom. The van der Waals surface area contributed by atoms with E-state index < -0.39 is 0 Å². The number of hydrogen-bond acceptors (Lipinski definition) is 3. The number of aliphatic hydroxyl groups is 1. The van der Waals surface area contributed by atoms with Gasteiger partial charge in [-0.05, 0) is 37.0 Å². The van der Waals surface area contributed by atoms with Crippen LogP contribution in [0.4, 0.5) is 5.69 Å². The van der Waals surface area contributed by atoms with Gasteiger partial charge in [0.25, 0.3) is 0 Å². The smallest absolute Gasteiger partial charge is 0.223 e. The normalized spacial score (nSPS) is 15.4. The van der Waals surface area contributed by atoms with Crippen molar-refractivity contribution < 1.29 is 9.90 Å². The molecule has 1 aliphatic carbocycles. The Hall–Kier alpha value is -1.55. The summed E-state index contributed by atoms with van der Waals surface area (Å²) in [6.45, 7) is 0.501. The van der Waals surface area contributed by atoms with Gasteiger partial charge in [0, 0.05) is 24.7 Å². The zero-order valence-corrected chi connectivity index (χ0v) is 11.9. The molecule has 0 aromatic heterocycles. The first-order chi connectivity index (χ1) is 9.70. The third kappa shape index (κ3) is 3.97. The molecule has 0 atom stereocenters.